The average molecular weight is 484 g/mol. The van der Waals surface area contributed by atoms with Crippen molar-refractivity contribution < 1.29 is 22.7 Å². The second-order valence-corrected chi connectivity index (χ2v) is 11.5. The highest BCUT2D eigenvalue weighted by molar-refractivity contribution is 7.91. The molecule has 1 aromatic carbocycles. The Morgan fingerprint density at radius 2 is 1.81 bits per heavy atom. The molecule has 11 heteroatoms. The predicted octanol–water partition coefficient (Wildman–Crippen LogP) is 2.14. The Bertz CT molecular complexity index is 1280. The molecule has 1 unspecified atom stereocenters. The SMILES string of the molecule is O=C(O)c1cn(C2CC2)c2c(Cl)c(N3CCC(N4CCS(=O)(=O)CC4)C3)c(F)cc2c1=O. The summed E-state index contributed by atoms with van der Waals surface area (Å²) in [5.74, 6) is -1.74. The molecule has 2 aliphatic heterocycles. The lowest BCUT2D eigenvalue weighted by Gasteiger charge is -2.32. The lowest BCUT2D eigenvalue weighted by atomic mass is 10.1. The first-order chi connectivity index (χ1) is 15.2. The molecule has 3 aliphatic rings. The quantitative estimate of drug-likeness (QED) is 0.711. The van der Waals surface area contributed by atoms with Crippen molar-refractivity contribution in [3.63, 3.8) is 0 Å². The molecule has 2 aromatic rings. The number of hydrogen-bond donors (Lipinski definition) is 1. The number of carbonyl (C=O) groups is 1. The van der Waals surface area contributed by atoms with Crippen LogP contribution in [0.15, 0.2) is 17.1 Å². The molecule has 0 spiro atoms. The fraction of sp³-hybridized carbons (Fsp3) is 0.524. The topological polar surface area (TPSA) is 99.9 Å². The summed E-state index contributed by atoms with van der Waals surface area (Å²) < 4.78 is 40.4. The molecular formula is C21H23ClFN3O5S. The number of rotatable bonds is 4. The number of benzene rings is 1. The third-order valence-corrected chi connectivity index (χ3v) is 8.70. The largest absolute Gasteiger partial charge is 0.477 e. The van der Waals surface area contributed by atoms with E-state index in [0.29, 0.717) is 31.7 Å². The minimum atomic E-state index is -2.98. The standard InChI is InChI=1S/C21H23ClFN3O5S/c22-17-18-14(20(27)15(21(28)29)11-26(18)12-1-2-12)9-16(23)19(17)25-4-3-13(10-25)24-5-7-32(30,31)8-6-24/h9,11-13H,1-8,10H2,(H,28,29). The first-order valence-electron chi connectivity index (χ1n) is 10.7. The van der Waals surface area contributed by atoms with Crippen molar-refractivity contribution in [3.8, 4) is 0 Å². The Hall–Kier alpha value is -2.17. The summed E-state index contributed by atoms with van der Waals surface area (Å²) in [7, 11) is -2.98. The zero-order valence-corrected chi connectivity index (χ0v) is 18.8. The van der Waals surface area contributed by atoms with Crippen molar-refractivity contribution in [1.82, 2.24) is 9.47 Å². The number of fused-ring (bicyclic) bond motifs is 1. The number of nitrogens with zero attached hydrogens (tertiary/aromatic N) is 3. The van der Waals surface area contributed by atoms with Gasteiger partial charge >= 0.3 is 5.97 Å². The lowest BCUT2D eigenvalue weighted by molar-refractivity contribution is 0.0695. The number of sulfone groups is 1. The van der Waals surface area contributed by atoms with Gasteiger partial charge in [-0.05, 0) is 25.3 Å². The molecule has 2 saturated heterocycles. The molecule has 1 atom stereocenters. The summed E-state index contributed by atoms with van der Waals surface area (Å²) in [5, 5.41) is 9.50. The third-order valence-electron chi connectivity index (χ3n) is 6.73. The van der Waals surface area contributed by atoms with Gasteiger partial charge in [-0.25, -0.2) is 17.6 Å². The molecule has 5 rings (SSSR count). The van der Waals surface area contributed by atoms with Gasteiger partial charge in [-0.15, -0.1) is 0 Å². The zero-order chi connectivity index (χ0) is 22.8. The highest BCUT2D eigenvalue weighted by atomic mass is 35.5. The molecule has 1 aliphatic carbocycles. The molecular weight excluding hydrogens is 461 g/mol. The van der Waals surface area contributed by atoms with Crippen molar-refractivity contribution in [1.29, 1.82) is 0 Å². The van der Waals surface area contributed by atoms with Crippen LogP contribution >= 0.6 is 11.6 Å². The molecule has 1 N–H and O–H groups in total. The van der Waals surface area contributed by atoms with Crippen LogP contribution in [0.1, 0.15) is 35.7 Å². The highest BCUT2D eigenvalue weighted by Crippen LogP contribution is 2.42. The van der Waals surface area contributed by atoms with Crippen LogP contribution in [0.4, 0.5) is 10.1 Å². The van der Waals surface area contributed by atoms with Crippen LogP contribution in [-0.4, -0.2) is 72.7 Å². The zero-order valence-electron chi connectivity index (χ0n) is 17.3. The number of pyridine rings is 1. The van der Waals surface area contributed by atoms with Crippen molar-refractivity contribution in [2.75, 3.05) is 42.6 Å². The van der Waals surface area contributed by atoms with E-state index in [4.69, 9.17) is 11.6 Å². The Balaban J connectivity index is 1.53. The summed E-state index contributed by atoms with van der Waals surface area (Å²) >= 11 is 6.70. The van der Waals surface area contributed by atoms with E-state index in [9.17, 15) is 23.1 Å². The van der Waals surface area contributed by atoms with E-state index in [-0.39, 0.29) is 39.7 Å². The Kier molecular flexibility index (Phi) is 5.22. The monoisotopic (exact) mass is 483 g/mol. The molecule has 0 bridgehead atoms. The van der Waals surface area contributed by atoms with Crippen LogP contribution < -0.4 is 10.3 Å². The van der Waals surface area contributed by atoms with Crippen LogP contribution in [0.2, 0.25) is 5.02 Å². The van der Waals surface area contributed by atoms with Gasteiger partial charge in [0.25, 0.3) is 0 Å². The second-order valence-electron chi connectivity index (χ2n) is 8.81. The molecule has 32 heavy (non-hydrogen) atoms. The molecule has 1 aromatic heterocycles. The maximum absolute atomic E-state index is 15.2. The number of carboxylic acids is 1. The van der Waals surface area contributed by atoms with E-state index in [1.807, 2.05) is 4.90 Å². The van der Waals surface area contributed by atoms with Crippen LogP contribution in [0.25, 0.3) is 10.9 Å². The fourth-order valence-electron chi connectivity index (χ4n) is 4.85. The van der Waals surface area contributed by atoms with E-state index in [2.05, 4.69) is 4.90 Å². The van der Waals surface area contributed by atoms with Crippen LogP contribution in [0.3, 0.4) is 0 Å². The molecule has 8 nitrogen and oxygen atoms in total. The first kappa shape index (κ1) is 21.7. The van der Waals surface area contributed by atoms with Crippen LogP contribution in [-0.2, 0) is 9.84 Å². The van der Waals surface area contributed by atoms with Gasteiger partial charge in [0.05, 0.1) is 33.1 Å². The third kappa shape index (κ3) is 3.68. The number of aromatic carboxylic acids is 1. The number of hydrogen-bond acceptors (Lipinski definition) is 6. The number of halogens is 2. The second kappa shape index (κ2) is 7.71. The smallest absolute Gasteiger partial charge is 0.341 e. The maximum Gasteiger partial charge on any atom is 0.341 e. The summed E-state index contributed by atoms with van der Waals surface area (Å²) in [6.07, 6.45) is 3.74. The number of carboxylic acid groups (broad SMARTS) is 1. The molecule has 172 valence electrons. The molecule has 0 radical (unpaired) electrons. The summed E-state index contributed by atoms with van der Waals surface area (Å²) in [5.41, 5.74) is -0.560. The predicted molar refractivity (Wildman–Crippen MR) is 119 cm³/mol. The van der Waals surface area contributed by atoms with Crippen molar-refractivity contribution in [2.45, 2.75) is 31.3 Å². The van der Waals surface area contributed by atoms with Crippen molar-refractivity contribution in [2.24, 2.45) is 0 Å². The fourth-order valence-corrected chi connectivity index (χ4v) is 6.49. The highest BCUT2D eigenvalue weighted by Gasteiger charge is 2.35. The average Bonchev–Trinajstić information content (AvgIpc) is 3.46. The van der Waals surface area contributed by atoms with Crippen molar-refractivity contribution >= 4 is 44.0 Å². The Labute approximate surface area is 189 Å². The van der Waals surface area contributed by atoms with E-state index in [1.54, 1.807) is 4.57 Å². The first-order valence-corrected chi connectivity index (χ1v) is 12.9. The van der Waals surface area contributed by atoms with E-state index < -0.39 is 32.6 Å². The van der Waals surface area contributed by atoms with Crippen molar-refractivity contribution in [3.05, 3.63) is 38.9 Å². The van der Waals surface area contributed by atoms with Gasteiger partial charge in [-0.2, -0.15) is 0 Å². The molecule has 1 saturated carbocycles. The summed E-state index contributed by atoms with van der Waals surface area (Å²) in [6.45, 7) is 1.99. The molecule has 3 heterocycles. The minimum absolute atomic E-state index is 0.0277. The van der Waals surface area contributed by atoms with Gasteiger partial charge in [0.2, 0.25) is 5.43 Å². The maximum atomic E-state index is 15.2. The number of anilines is 1. The van der Waals surface area contributed by atoms with Gasteiger partial charge in [-0.1, -0.05) is 11.6 Å². The van der Waals surface area contributed by atoms with Crippen LogP contribution in [0, 0.1) is 5.82 Å². The normalized spacial score (nSPS) is 23.7. The van der Waals surface area contributed by atoms with Crippen LogP contribution in [0.5, 0.6) is 0 Å². The van der Waals surface area contributed by atoms with Gasteiger partial charge < -0.3 is 14.6 Å². The Morgan fingerprint density at radius 1 is 1.12 bits per heavy atom. The van der Waals surface area contributed by atoms with E-state index in [1.165, 1.54) is 6.20 Å². The number of aromatic nitrogens is 1. The van der Waals surface area contributed by atoms with E-state index in [0.717, 1.165) is 25.3 Å². The summed E-state index contributed by atoms with van der Waals surface area (Å²) in [6, 6.07) is 1.23. The molecule has 0 amide bonds. The lowest BCUT2D eigenvalue weighted by Crippen LogP contribution is -2.47. The van der Waals surface area contributed by atoms with Gasteiger partial charge in [0.15, 0.2) is 9.84 Å². The Morgan fingerprint density at radius 3 is 2.44 bits per heavy atom. The van der Waals surface area contributed by atoms with Gasteiger partial charge in [0.1, 0.15) is 11.4 Å². The molecule has 3 fully saturated rings. The van der Waals surface area contributed by atoms with E-state index >= 15 is 4.39 Å². The minimum Gasteiger partial charge on any atom is -0.477 e. The van der Waals surface area contributed by atoms with Gasteiger partial charge in [0, 0.05) is 44.5 Å². The summed E-state index contributed by atoms with van der Waals surface area (Å²) in [4.78, 5) is 28.2. The van der Waals surface area contributed by atoms with Gasteiger partial charge in [-0.3, -0.25) is 9.69 Å².